The fraction of sp³-hybridized carbons (Fsp3) is 0.273. The van der Waals surface area contributed by atoms with Crippen LogP contribution < -0.4 is 20.3 Å². The Labute approximate surface area is 270 Å². The number of nitrogens with zero attached hydrogens (tertiary/aromatic N) is 3. The predicted molar refractivity (Wildman–Crippen MR) is 176 cm³/mol. The fourth-order valence-corrected chi connectivity index (χ4v) is 6.31. The molecule has 0 unspecified atom stereocenters. The van der Waals surface area contributed by atoms with E-state index in [1.54, 1.807) is 17.8 Å². The molecule has 12 heteroatoms. The number of carboxylic acid groups (broad SMARTS) is 1. The molecule has 0 saturated heterocycles. The van der Waals surface area contributed by atoms with Gasteiger partial charge in [0.25, 0.3) is 0 Å². The Hall–Kier alpha value is -4.48. The van der Waals surface area contributed by atoms with E-state index in [1.807, 2.05) is 77.4 Å². The molecule has 1 aromatic heterocycles. The van der Waals surface area contributed by atoms with Crippen molar-refractivity contribution in [2.45, 2.75) is 37.6 Å². The molecule has 0 atom stereocenters. The van der Waals surface area contributed by atoms with Gasteiger partial charge in [0.05, 0.1) is 31.5 Å². The Morgan fingerprint density at radius 1 is 1.09 bits per heavy atom. The van der Waals surface area contributed by atoms with Crippen LogP contribution in [0.4, 0.5) is 16.2 Å². The Kier molecular flexibility index (Phi) is 10.6. The number of hydrogen-bond acceptors (Lipinski definition) is 6. The third-order valence-electron chi connectivity index (χ3n) is 7.26. The minimum absolute atomic E-state index is 0.0455. The molecule has 10 nitrogen and oxygen atoms in total. The van der Waals surface area contributed by atoms with Crippen LogP contribution >= 0.6 is 23.4 Å². The lowest BCUT2D eigenvalue weighted by atomic mass is 10.1. The number of thioether (sulfide) groups is 1. The van der Waals surface area contributed by atoms with Crippen molar-refractivity contribution in [1.29, 1.82) is 0 Å². The fourth-order valence-electron chi connectivity index (χ4n) is 5.00. The average Bonchev–Trinajstić information content (AvgIpc) is 3.48. The van der Waals surface area contributed by atoms with E-state index in [2.05, 4.69) is 21.8 Å². The number of amides is 3. The van der Waals surface area contributed by atoms with Gasteiger partial charge in [0, 0.05) is 63.8 Å². The van der Waals surface area contributed by atoms with Gasteiger partial charge >= 0.3 is 12.0 Å². The minimum Gasteiger partial charge on any atom is -0.493 e. The number of benzene rings is 3. The van der Waals surface area contributed by atoms with Crippen LogP contribution in [0.15, 0.2) is 78.0 Å². The summed E-state index contributed by atoms with van der Waals surface area (Å²) in [5.41, 5.74) is 5.31. The first kappa shape index (κ1) is 31.9. The highest BCUT2D eigenvalue weighted by molar-refractivity contribution is 7.99. The first-order valence-corrected chi connectivity index (χ1v) is 16.0. The number of hydrogen-bond donors (Lipinski definition) is 3. The third kappa shape index (κ3) is 8.37. The summed E-state index contributed by atoms with van der Waals surface area (Å²) in [7, 11) is 0. The maximum atomic E-state index is 13.3. The highest BCUT2D eigenvalue weighted by Gasteiger charge is 2.25. The number of nitrogens with one attached hydrogen (secondary N) is 2. The number of ether oxygens (including phenoxy) is 1. The number of fused-ring (bicyclic) bond motifs is 1. The number of carbonyl (C=O) groups excluding carboxylic acids is 2. The van der Waals surface area contributed by atoms with Gasteiger partial charge in [-0.2, -0.15) is 5.10 Å². The number of halogens is 1. The van der Waals surface area contributed by atoms with Crippen molar-refractivity contribution in [2.24, 2.45) is 0 Å². The third-order valence-corrected chi connectivity index (χ3v) is 8.77. The molecular weight excluding hydrogens is 614 g/mol. The van der Waals surface area contributed by atoms with Gasteiger partial charge in [0.15, 0.2) is 0 Å². The number of rotatable bonds is 12. The summed E-state index contributed by atoms with van der Waals surface area (Å²) >= 11 is 7.93. The molecule has 234 valence electrons. The summed E-state index contributed by atoms with van der Waals surface area (Å²) in [6.07, 6.45) is 4.63. The summed E-state index contributed by atoms with van der Waals surface area (Å²) in [4.78, 5) is 39.0. The van der Waals surface area contributed by atoms with E-state index in [1.165, 1.54) is 0 Å². The molecule has 0 aliphatic carbocycles. The molecule has 3 aromatic carbocycles. The lowest BCUT2D eigenvalue weighted by Gasteiger charge is -2.30. The van der Waals surface area contributed by atoms with E-state index < -0.39 is 12.0 Å². The second-order valence-electron chi connectivity index (χ2n) is 10.5. The second kappa shape index (κ2) is 15.0. The SMILES string of the molecule is Cc1c(Cl)cccc1OCCCC(=O)N1CCSc2c(-c3cnn(Cc4cccc(NC(=O)NCCC(=O)O)c4)c3)cccc21. The van der Waals surface area contributed by atoms with Gasteiger partial charge in [-0.3, -0.25) is 14.3 Å². The van der Waals surface area contributed by atoms with E-state index in [4.69, 9.17) is 21.4 Å². The highest BCUT2D eigenvalue weighted by Crippen LogP contribution is 2.42. The minimum atomic E-state index is -0.973. The molecule has 3 N–H and O–H groups in total. The number of anilines is 2. The molecular formula is C33H34ClN5O5S. The Balaban J connectivity index is 1.20. The Morgan fingerprint density at radius 2 is 1.91 bits per heavy atom. The van der Waals surface area contributed by atoms with Crippen LogP contribution in [0, 0.1) is 6.92 Å². The van der Waals surface area contributed by atoms with Gasteiger partial charge in [-0.05, 0) is 49.2 Å². The molecule has 0 bridgehead atoms. The van der Waals surface area contributed by atoms with Crippen LogP contribution in [0.3, 0.4) is 0 Å². The van der Waals surface area contributed by atoms with Crippen molar-refractivity contribution in [3.05, 3.63) is 89.2 Å². The summed E-state index contributed by atoms with van der Waals surface area (Å²) in [5, 5.41) is 19.2. The molecule has 1 aliphatic rings. The standard InChI is InChI=1S/C33H34ClN5O5S/c1-22-27(34)9-4-11-29(22)44-16-5-12-30(40)39-15-17-45-32-26(8-3-10-28(32)39)24-19-36-38(21-24)20-23-6-2-7-25(18-23)37-33(43)35-14-13-31(41)42/h2-4,6-11,18-19,21H,5,12-17,20H2,1H3,(H,41,42)(H2,35,37,43). The van der Waals surface area contributed by atoms with E-state index in [-0.39, 0.29) is 18.9 Å². The molecule has 1 aliphatic heterocycles. The zero-order valence-corrected chi connectivity index (χ0v) is 26.4. The first-order valence-electron chi connectivity index (χ1n) is 14.6. The van der Waals surface area contributed by atoms with Gasteiger partial charge < -0.3 is 25.4 Å². The van der Waals surface area contributed by atoms with E-state index in [0.29, 0.717) is 43.2 Å². The number of carboxylic acids is 1. The second-order valence-corrected chi connectivity index (χ2v) is 12.0. The molecule has 3 amide bonds. The van der Waals surface area contributed by atoms with Crippen molar-refractivity contribution < 1.29 is 24.2 Å². The normalized spacial score (nSPS) is 12.4. The Morgan fingerprint density at radius 3 is 2.76 bits per heavy atom. The van der Waals surface area contributed by atoms with Crippen LogP contribution in [0.1, 0.15) is 30.4 Å². The van der Waals surface area contributed by atoms with Crippen molar-refractivity contribution in [1.82, 2.24) is 15.1 Å². The molecule has 0 fully saturated rings. The van der Waals surface area contributed by atoms with E-state index in [0.717, 1.165) is 44.3 Å². The molecule has 0 radical (unpaired) electrons. The van der Waals surface area contributed by atoms with Crippen LogP contribution in [-0.4, -0.2) is 58.2 Å². The average molecular weight is 648 g/mol. The van der Waals surface area contributed by atoms with Gasteiger partial charge in [0.1, 0.15) is 5.75 Å². The van der Waals surface area contributed by atoms with Crippen LogP contribution in [0.5, 0.6) is 5.75 Å². The largest absolute Gasteiger partial charge is 0.493 e. The van der Waals surface area contributed by atoms with Gasteiger partial charge in [-0.25, -0.2) is 4.79 Å². The van der Waals surface area contributed by atoms with Crippen molar-refractivity contribution in [2.75, 3.05) is 35.7 Å². The highest BCUT2D eigenvalue weighted by atomic mass is 35.5. The lowest BCUT2D eigenvalue weighted by molar-refractivity contribution is -0.136. The zero-order chi connectivity index (χ0) is 31.8. The molecule has 45 heavy (non-hydrogen) atoms. The first-order chi connectivity index (χ1) is 21.8. The summed E-state index contributed by atoms with van der Waals surface area (Å²) in [6.45, 7) is 3.53. The van der Waals surface area contributed by atoms with E-state index in [9.17, 15) is 14.4 Å². The lowest BCUT2D eigenvalue weighted by Crippen LogP contribution is -2.35. The van der Waals surface area contributed by atoms with Crippen molar-refractivity contribution in [3.63, 3.8) is 0 Å². The summed E-state index contributed by atoms with van der Waals surface area (Å²) < 4.78 is 7.72. The number of aliphatic carboxylic acids is 1. The smallest absolute Gasteiger partial charge is 0.319 e. The molecule has 5 rings (SSSR count). The van der Waals surface area contributed by atoms with Crippen LogP contribution in [0.25, 0.3) is 11.1 Å². The number of carbonyl (C=O) groups is 3. The number of urea groups is 1. The topological polar surface area (TPSA) is 126 Å². The van der Waals surface area contributed by atoms with Gasteiger partial charge in [-0.15, -0.1) is 11.8 Å². The zero-order valence-electron chi connectivity index (χ0n) is 24.8. The maximum Gasteiger partial charge on any atom is 0.319 e. The van der Waals surface area contributed by atoms with Crippen LogP contribution in [0.2, 0.25) is 5.02 Å². The maximum absolute atomic E-state index is 13.3. The summed E-state index contributed by atoms with van der Waals surface area (Å²) in [5.74, 6) is 0.631. The molecule has 0 spiro atoms. The molecule has 4 aromatic rings. The van der Waals surface area contributed by atoms with Crippen molar-refractivity contribution >= 4 is 52.6 Å². The van der Waals surface area contributed by atoms with Gasteiger partial charge in [0.2, 0.25) is 5.91 Å². The molecule has 2 heterocycles. The molecule has 0 saturated carbocycles. The summed E-state index contributed by atoms with van der Waals surface area (Å²) in [6, 6.07) is 18.5. The quantitative estimate of drug-likeness (QED) is 0.151. The van der Waals surface area contributed by atoms with Crippen LogP contribution in [-0.2, 0) is 16.1 Å². The monoisotopic (exact) mass is 647 g/mol. The van der Waals surface area contributed by atoms with Crippen molar-refractivity contribution in [3.8, 4) is 16.9 Å². The predicted octanol–water partition coefficient (Wildman–Crippen LogP) is 6.45. The van der Waals surface area contributed by atoms with E-state index >= 15 is 0 Å². The number of aromatic nitrogens is 2. The van der Waals surface area contributed by atoms with Gasteiger partial charge in [-0.1, -0.05) is 41.9 Å². The Bertz CT molecular complexity index is 1690.